The highest BCUT2D eigenvalue weighted by Gasteiger charge is 2.22. The van der Waals surface area contributed by atoms with E-state index in [0.29, 0.717) is 23.1 Å². The lowest BCUT2D eigenvalue weighted by molar-refractivity contribution is -0.401. The summed E-state index contributed by atoms with van der Waals surface area (Å²) >= 11 is 0. The summed E-state index contributed by atoms with van der Waals surface area (Å²) in [6, 6.07) is 3.10. The van der Waals surface area contributed by atoms with Crippen molar-refractivity contribution in [2.45, 2.75) is 45.1 Å². The topological polar surface area (TPSA) is 116 Å². The summed E-state index contributed by atoms with van der Waals surface area (Å²) in [4.78, 5) is 21.2. The second-order valence-electron chi connectivity index (χ2n) is 6.03. The van der Waals surface area contributed by atoms with Crippen molar-refractivity contribution in [3.8, 4) is 11.5 Å². The van der Waals surface area contributed by atoms with Crippen LogP contribution in [0.3, 0.4) is 0 Å². The molecule has 0 atom stereocenters. The van der Waals surface area contributed by atoms with Gasteiger partial charge in [0.05, 0.1) is 18.3 Å². The summed E-state index contributed by atoms with van der Waals surface area (Å²) in [6.45, 7) is 1.36. The third-order valence-electron chi connectivity index (χ3n) is 4.14. The number of carbonyl (C=O) groups excluding carboxylic acids is 1. The Morgan fingerprint density at radius 2 is 2.20 bits per heavy atom. The number of aromatic nitrogens is 2. The lowest BCUT2D eigenvalue weighted by atomic mass is 9.96. The number of amides is 1. The number of rotatable bonds is 5. The normalized spacial score (nSPS) is 15.6. The van der Waals surface area contributed by atoms with Crippen molar-refractivity contribution in [1.29, 1.82) is 0 Å². The molecule has 9 nitrogen and oxygen atoms in total. The zero-order chi connectivity index (χ0) is 17.8. The summed E-state index contributed by atoms with van der Waals surface area (Å²) < 4.78 is 7.15. The molecule has 2 aromatic rings. The van der Waals surface area contributed by atoms with Gasteiger partial charge in [0.15, 0.2) is 5.76 Å². The van der Waals surface area contributed by atoms with Crippen LogP contribution in [0.5, 0.6) is 0 Å². The molecular formula is C16H19N5O4. The van der Waals surface area contributed by atoms with E-state index in [2.05, 4.69) is 15.6 Å². The Bertz CT molecular complexity index is 801. The molecule has 2 heterocycles. The number of nitrogens with zero attached hydrogens (tertiary/aromatic N) is 4. The van der Waals surface area contributed by atoms with Gasteiger partial charge in [-0.3, -0.25) is 19.6 Å². The van der Waals surface area contributed by atoms with Crippen molar-refractivity contribution in [1.82, 2.24) is 15.2 Å². The predicted molar refractivity (Wildman–Crippen MR) is 90.1 cm³/mol. The molecule has 9 heteroatoms. The Morgan fingerprint density at radius 3 is 2.84 bits per heavy atom. The van der Waals surface area contributed by atoms with Gasteiger partial charge in [-0.2, -0.15) is 10.2 Å². The molecule has 0 spiro atoms. The van der Waals surface area contributed by atoms with Crippen LogP contribution in [0.4, 0.5) is 5.88 Å². The second-order valence-corrected chi connectivity index (χ2v) is 6.03. The summed E-state index contributed by atoms with van der Waals surface area (Å²) in [6.07, 6.45) is 8.93. The molecular weight excluding hydrogens is 326 g/mol. The fraction of sp³-hybridized carbons (Fsp3) is 0.438. The van der Waals surface area contributed by atoms with Crippen LogP contribution in [0, 0.1) is 10.1 Å². The maximum Gasteiger partial charge on any atom is 0.433 e. The average Bonchev–Trinajstić information content (AvgIpc) is 3.22. The first-order valence-corrected chi connectivity index (χ1v) is 8.18. The van der Waals surface area contributed by atoms with Crippen LogP contribution in [0.15, 0.2) is 27.8 Å². The molecule has 0 radical (unpaired) electrons. The molecule has 0 bridgehead atoms. The van der Waals surface area contributed by atoms with Crippen LogP contribution in [-0.4, -0.2) is 26.8 Å². The van der Waals surface area contributed by atoms with Gasteiger partial charge in [0.25, 0.3) is 0 Å². The highest BCUT2D eigenvalue weighted by molar-refractivity contribution is 5.88. The van der Waals surface area contributed by atoms with E-state index in [1.54, 1.807) is 0 Å². The van der Waals surface area contributed by atoms with Crippen LogP contribution >= 0.6 is 0 Å². The van der Waals surface area contributed by atoms with Gasteiger partial charge >= 0.3 is 5.88 Å². The monoisotopic (exact) mass is 345 g/mol. The lowest BCUT2D eigenvalue weighted by Crippen LogP contribution is -2.13. The van der Waals surface area contributed by atoms with Crippen LogP contribution in [-0.2, 0) is 4.79 Å². The molecule has 1 saturated carbocycles. The molecule has 1 aliphatic rings. The van der Waals surface area contributed by atoms with Gasteiger partial charge < -0.3 is 4.42 Å². The number of hydrogen-bond acceptors (Lipinski definition) is 6. The minimum absolute atomic E-state index is 0.286. The summed E-state index contributed by atoms with van der Waals surface area (Å²) in [7, 11) is 0. The molecule has 1 fully saturated rings. The molecule has 0 aliphatic heterocycles. The maximum absolute atomic E-state index is 11.0. The Balaban J connectivity index is 1.94. The first-order valence-electron chi connectivity index (χ1n) is 8.18. The molecule has 0 aromatic carbocycles. The van der Waals surface area contributed by atoms with E-state index in [0.717, 1.165) is 25.7 Å². The summed E-state index contributed by atoms with van der Waals surface area (Å²) in [5, 5.41) is 19.3. The van der Waals surface area contributed by atoms with E-state index in [1.165, 1.54) is 31.7 Å². The molecule has 2 aromatic heterocycles. The van der Waals surface area contributed by atoms with E-state index >= 15 is 0 Å². The van der Waals surface area contributed by atoms with Crippen LogP contribution in [0.25, 0.3) is 11.5 Å². The largest absolute Gasteiger partial charge is 0.433 e. The lowest BCUT2D eigenvalue weighted by Gasteiger charge is -2.21. The second kappa shape index (κ2) is 7.29. The molecule has 1 N–H and O–H groups in total. The highest BCUT2D eigenvalue weighted by atomic mass is 16.6. The number of hydrogen-bond donors (Lipinski definition) is 1. The Morgan fingerprint density at radius 1 is 1.44 bits per heavy atom. The maximum atomic E-state index is 11.0. The average molecular weight is 345 g/mol. The molecule has 3 rings (SSSR count). The third-order valence-corrected chi connectivity index (χ3v) is 4.14. The van der Waals surface area contributed by atoms with E-state index in [9.17, 15) is 14.9 Å². The Kier molecular flexibility index (Phi) is 4.92. The minimum Gasteiger partial charge on any atom is -0.399 e. The highest BCUT2D eigenvalue weighted by Crippen LogP contribution is 2.31. The van der Waals surface area contributed by atoms with Gasteiger partial charge in [-0.05, 0) is 18.9 Å². The van der Waals surface area contributed by atoms with E-state index in [-0.39, 0.29) is 11.8 Å². The van der Waals surface area contributed by atoms with Gasteiger partial charge in [-0.15, -0.1) is 0 Å². The molecule has 0 unspecified atom stereocenters. The van der Waals surface area contributed by atoms with Crippen molar-refractivity contribution < 1.29 is 14.1 Å². The SMILES string of the molecule is CC(=O)N/N=C/c1cn(C2CCCCC2)nc1-c1ccc([N+](=O)[O-])o1. The number of hydrazone groups is 1. The van der Waals surface area contributed by atoms with Crippen molar-refractivity contribution in [2.75, 3.05) is 0 Å². The third kappa shape index (κ3) is 3.93. The summed E-state index contributed by atoms with van der Waals surface area (Å²) in [5.74, 6) is -0.330. The first-order chi connectivity index (χ1) is 12.0. The molecule has 25 heavy (non-hydrogen) atoms. The molecule has 0 saturated heterocycles. The zero-order valence-electron chi connectivity index (χ0n) is 13.8. The molecule has 1 aliphatic carbocycles. The van der Waals surface area contributed by atoms with Crippen LogP contribution in [0.1, 0.15) is 50.6 Å². The standard InChI is InChI=1S/C16H19N5O4/c1-11(22)18-17-9-12-10-20(13-5-3-2-4-6-13)19-16(12)14-7-8-15(25-14)21(23)24/h7-10,13H,2-6H2,1H3,(H,18,22)/b17-9+. The number of furan rings is 1. The van der Waals surface area contributed by atoms with Gasteiger partial charge in [0.1, 0.15) is 10.6 Å². The first kappa shape index (κ1) is 16.9. The summed E-state index contributed by atoms with van der Waals surface area (Å²) in [5.41, 5.74) is 3.43. The number of nitro groups is 1. The van der Waals surface area contributed by atoms with Crippen molar-refractivity contribution in [3.05, 3.63) is 34.0 Å². The van der Waals surface area contributed by atoms with Crippen molar-refractivity contribution in [2.24, 2.45) is 5.10 Å². The van der Waals surface area contributed by atoms with Crippen molar-refractivity contribution in [3.63, 3.8) is 0 Å². The quantitative estimate of drug-likeness (QED) is 0.508. The van der Waals surface area contributed by atoms with Gasteiger partial charge in [0.2, 0.25) is 5.91 Å². The number of carbonyl (C=O) groups is 1. The predicted octanol–water partition coefficient (Wildman–Crippen LogP) is 3.03. The molecule has 132 valence electrons. The van der Waals surface area contributed by atoms with Gasteiger partial charge in [-0.25, -0.2) is 5.43 Å². The van der Waals surface area contributed by atoms with Crippen molar-refractivity contribution >= 4 is 18.0 Å². The fourth-order valence-corrected chi connectivity index (χ4v) is 2.97. The Hall–Kier alpha value is -2.97. The zero-order valence-corrected chi connectivity index (χ0v) is 13.8. The van der Waals surface area contributed by atoms with E-state index in [4.69, 9.17) is 4.42 Å². The van der Waals surface area contributed by atoms with E-state index in [1.807, 2.05) is 10.9 Å². The smallest absolute Gasteiger partial charge is 0.399 e. The molecule has 1 amide bonds. The Labute approximate surface area is 143 Å². The van der Waals surface area contributed by atoms with E-state index < -0.39 is 4.92 Å². The van der Waals surface area contributed by atoms with Crippen LogP contribution in [0.2, 0.25) is 0 Å². The minimum atomic E-state index is -0.591. The number of nitrogens with one attached hydrogen (secondary N) is 1. The van der Waals surface area contributed by atoms with Crippen LogP contribution < -0.4 is 5.43 Å². The van der Waals surface area contributed by atoms with Gasteiger partial charge in [0, 0.05) is 18.7 Å². The van der Waals surface area contributed by atoms with Gasteiger partial charge in [-0.1, -0.05) is 19.3 Å². The fourth-order valence-electron chi connectivity index (χ4n) is 2.97.